The zero-order valence-corrected chi connectivity index (χ0v) is 15.4. The van der Waals surface area contributed by atoms with Gasteiger partial charge in [-0.2, -0.15) is 0 Å². The van der Waals surface area contributed by atoms with Crippen molar-refractivity contribution in [2.75, 3.05) is 7.11 Å². The third-order valence-electron chi connectivity index (χ3n) is 4.48. The molecule has 0 amide bonds. The third-order valence-corrected chi connectivity index (χ3v) is 4.48. The zero-order valence-electron chi connectivity index (χ0n) is 15.4. The van der Waals surface area contributed by atoms with E-state index in [0.29, 0.717) is 5.88 Å². The average Bonchev–Trinajstić information content (AvgIpc) is 3.10. The Morgan fingerprint density at radius 1 is 1.04 bits per heavy atom. The molecule has 4 rings (SSSR count). The normalized spacial score (nSPS) is 11.7. The third kappa shape index (κ3) is 3.15. The Morgan fingerprint density at radius 2 is 1.89 bits per heavy atom. The Morgan fingerprint density at radius 3 is 2.67 bits per heavy atom. The molecule has 6 heteroatoms. The van der Waals surface area contributed by atoms with E-state index in [9.17, 15) is 5.11 Å². The standard InChI is InChI=1S/C21H20N4O2/c1-21(2,26)14-9-10-18-17(12-14)23-13-25(18)19-8-4-7-16(24-19)15-6-5-11-22-20(15)27-3/h4-13,26H,1-3H3. The van der Waals surface area contributed by atoms with Crippen LogP contribution in [0.15, 0.2) is 61.1 Å². The predicted octanol–water partition coefficient (Wildman–Crippen LogP) is 3.72. The maximum absolute atomic E-state index is 10.2. The minimum Gasteiger partial charge on any atom is -0.481 e. The smallest absolute Gasteiger partial charge is 0.222 e. The number of fused-ring (bicyclic) bond motifs is 1. The van der Waals surface area contributed by atoms with Gasteiger partial charge in [0.05, 0.1) is 35.0 Å². The molecule has 0 radical (unpaired) electrons. The number of hydrogen-bond acceptors (Lipinski definition) is 5. The van der Waals surface area contributed by atoms with Crippen molar-refractivity contribution in [1.29, 1.82) is 0 Å². The molecule has 0 spiro atoms. The van der Waals surface area contributed by atoms with Gasteiger partial charge in [0.25, 0.3) is 0 Å². The number of benzene rings is 1. The minimum atomic E-state index is -0.910. The number of methoxy groups -OCH3 is 1. The number of ether oxygens (including phenoxy) is 1. The van der Waals surface area contributed by atoms with Crippen molar-refractivity contribution in [2.45, 2.75) is 19.4 Å². The number of aliphatic hydroxyl groups is 1. The molecule has 0 fully saturated rings. The van der Waals surface area contributed by atoms with E-state index in [2.05, 4.69) is 9.97 Å². The first-order valence-electron chi connectivity index (χ1n) is 8.64. The van der Waals surface area contributed by atoms with Crippen molar-refractivity contribution < 1.29 is 9.84 Å². The van der Waals surface area contributed by atoms with Crippen molar-refractivity contribution in [3.05, 3.63) is 66.6 Å². The first-order chi connectivity index (χ1) is 13.0. The Bertz CT molecular complexity index is 1110. The van der Waals surface area contributed by atoms with Gasteiger partial charge >= 0.3 is 0 Å². The van der Waals surface area contributed by atoms with Gasteiger partial charge in [-0.1, -0.05) is 12.1 Å². The molecular weight excluding hydrogens is 340 g/mol. The number of hydrogen-bond donors (Lipinski definition) is 1. The molecule has 1 N–H and O–H groups in total. The molecule has 0 bridgehead atoms. The fourth-order valence-electron chi connectivity index (χ4n) is 3.03. The van der Waals surface area contributed by atoms with Gasteiger partial charge < -0.3 is 9.84 Å². The Hall–Kier alpha value is -3.25. The molecule has 0 saturated carbocycles. The molecular formula is C21H20N4O2. The second kappa shape index (κ2) is 6.48. The lowest BCUT2D eigenvalue weighted by atomic mass is 9.98. The second-order valence-corrected chi connectivity index (χ2v) is 6.82. The lowest BCUT2D eigenvalue weighted by Gasteiger charge is -2.17. The highest BCUT2D eigenvalue weighted by Crippen LogP contribution is 2.28. The van der Waals surface area contributed by atoms with E-state index in [4.69, 9.17) is 9.72 Å². The van der Waals surface area contributed by atoms with Crippen LogP contribution in [-0.4, -0.2) is 31.7 Å². The summed E-state index contributed by atoms with van der Waals surface area (Å²) in [4.78, 5) is 13.5. The van der Waals surface area contributed by atoms with E-state index < -0.39 is 5.60 Å². The Kier molecular flexibility index (Phi) is 4.12. The van der Waals surface area contributed by atoms with Gasteiger partial charge in [0.1, 0.15) is 12.1 Å². The number of pyridine rings is 2. The van der Waals surface area contributed by atoms with E-state index in [1.807, 2.05) is 53.1 Å². The summed E-state index contributed by atoms with van der Waals surface area (Å²) < 4.78 is 7.28. The van der Waals surface area contributed by atoms with Crippen molar-refractivity contribution in [1.82, 2.24) is 19.5 Å². The van der Waals surface area contributed by atoms with Crippen LogP contribution in [0.5, 0.6) is 5.88 Å². The zero-order chi connectivity index (χ0) is 19.0. The molecule has 0 aliphatic rings. The van der Waals surface area contributed by atoms with Gasteiger partial charge in [-0.25, -0.2) is 15.0 Å². The lowest BCUT2D eigenvalue weighted by Crippen LogP contribution is -2.15. The SMILES string of the molecule is COc1ncccc1-c1cccc(-n2cnc3cc(C(C)(C)O)ccc32)n1. The van der Waals surface area contributed by atoms with Gasteiger partial charge in [-0.15, -0.1) is 0 Å². The highest BCUT2D eigenvalue weighted by atomic mass is 16.5. The van der Waals surface area contributed by atoms with E-state index in [1.165, 1.54) is 0 Å². The fourth-order valence-corrected chi connectivity index (χ4v) is 3.03. The molecule has 6 nitrogen and oxygen atoms in total. The maximum Gasteiger partial charge on any atom is 0.222 e. The molecule has 0 unspecified atom stereocenters. The molecule has 27 heavy (non-hydrogen) atoms. The van der Waals surface area contributed by atoms with Gasteiger partial charge in [0.15, 0.2) is 0 Å². The van der Waals surface area contributed by atoms with Crippen LogP contribution in [0.25, 0.3) is 28.1 Å². The summed E-state index contributed by atoms with van der Waals surface area (Å²) in [6, 6.07) is 15.4. The van der Waals surface area contributed by atoms with Crippen LogP contribution in [0, 0.1) is 0 Å². The summed E-state index contributed by atoms with van der Waals surface area (Å²) in [5.74, 6) is 1.28. The van der Waals surface area contributed by atoms with Crippen molar-refractivity contribution >= 4 is 11.0 Å². The summed E-state index contributed by atoms with van der Waals surface area (Å²) >= 11 is 0. The second-order valence-electron chi connectivity index (χ2n) is 6.82. The van der Waals surface area contributed by atoms with Crippen LogP contribution in [0.4, 0.5) is 0 Å². The molecule has 3 heterocycles. The number of nitrogens with zero attached hydrogens (tertiary/aromatic N) is 4. The minimum absolute atomic E-state index is 0.535. The van der Waals surface area contributed by atoms with Crippen LogP contribution >= 0.6 is 0 Å². The summed E-state index contributed by atoms with van der Waals surface area (Å²) in [5.41, 5.74) is 3.24. The largest absolute Gasteiger partial charge is 0.481 e. The summed E-state index contributed by atoms with van der Waals surface area (Å²) in [6.45, 7) is 3.52. The molecule has 0 atom stereocenters. The van der Waals surface area contributed by atoms with E-state index >= 15 is 0 Å². The first kappa shape index (κ1) is 17.2. The summed E-state index contributed by atoms with van der Waals surface area (Å²) in [7, 11) is 1.60. The summed E-state index contributed by atoms with van der Waals surface area (Å²) in [6.07, 6.45) is 3.43. The number of aromatic nitrogens is 4. The quantitative estimate of drug-likeness (QED) is 0.600. The van der Waals surface area contributed by atoms with Crippen LogP contribution in [0.1, 0.15) is 19.4 Å². The van der Waals surface area contributed by atoms with Crippen molar-refractivity contribution in [3.8, 4) is 23.0 Å². The highest BCUT2D eigenvalue weighted by Gasteiger charge is 2.17. The van der Waals surface area contributed by atoms with E-state index in [1.54, 1.807) is 33.5 Å². The molecule has 0 aliphatic heterocycles. The molecule has 1 aromatic carbocycles. The van der Waals surface area contributed by atoms with Gasteiger partial charge in [0.2, 0.25) is 5.88 Å². The first-order valence-corrected chi connectivity index (χ1v) is 8.64. The van der Waals surface area contributed by atoms with Crippen molar-refractivity contribution in [3.63, 3.8) is 0 Å². The highest BCUT2D eigenvalue weighted by molar-refractivity contribution is 5.78. The van der Waals surface area contributed by atoms with Gasteiger partial charge in [-0.3, -0.25) is 4.57 Å². The Balaban J connectivity index is 1.81. The van der Waals surface area contributed by atoms with Crippen LogP contribution in [0.2, 0.25) is 0 Å². The fraction of sp³-hybridized carbons (Fsp3) is 0.190. The van der Waals surface area contributed by atoms with Crippen LogP contribution in [-0.2, 0) is 5.60 Å². The number of imidazole rings is 1. The predicted molar refractivity (Wildman–Crippen MR) is 104 cm³/mol. The van der Waals surface area contributed by atoms with E-state index in [0.717, 1.165) is 33.7 Å². The number of rotatable bonds is 4. The van der Waals surface area contributed by atoms with E-state index in [-0.39, 0.29) is 0 Å². The molecule has 0 aliphatic carbocycles. The maximum atomic E-state index is 10.2. The topological polar surface area (TPSA) is 73.1 Å². The van der Waals surface area contributed by atoms with Gasteiger partial charge in [-0.05, 0) is 55.8 Å². The van der Waals surface area contributed by atoms with Crippen LogP contribution in [0.3, 0.4) is 0 Å². The molecule has 136 valence electrons. The monoisotopic (exact) mass is 360 g/mol. The summed E-state index contributed by atoms with van der Waals surface area (Å²) in [5, 5.41) is 10.2. The van der Waals surface area contributed by atoms with Crippen molar-refractivity contribution in [2.24, 2.45) is 0 Å². The molecule has 3 aromatic heterocycles. The average molecular weight is 360 g/mol. The van der Waals surface area contributed by atoms with Gasteiger partial charge in [0, 0.05) is 6.20 Å². The molecule has 4 aromatic rings. The molecule has 0 saturated heterocycles. The van der Waals surface area contributed by atoms with Crippen LogP contribution < -0.4 is 4.74 Å². The lowest BCUT2D eigenvalue weighted by molar-refractivity contribution is 0.0787. The Labute approximate surface area is 157 Å².